The lowest BCUT2D eigenvalue weighted by molar-refractivity contribution is 0.0698. The molecule has 1 heterocycles. The number of azo groups is 1. The van der Waals surface area contributed by atoms with Gasteiger partial charge in [0.2, 0.25) is 0 Å². The highest BCUT2D eigenvalue weighted by Gasteiger charge is 2.10. The summed E-state index contributed by atoms with van der Waals surface area (Å²) in [6.45, 7) is 0. The van der Waals surface area contributed by atoms with E-state index in [0.717, 1.165) is 0 Å². The molecule has 0 radical (unpaired) electrons. The molecule has 1 aromatic heterocycles. The molecule has 0 saturated heterocycles. The largest absolute Gasteiger partial charge is 0.478 e. The lowest BCUT2D eigenvalue weighted by Gasteiger charge is -1.99. The fraction of sp³-hybridized carbons (Fsp3) is 0. The number of benzene rings is 2. The zero-order valence-corrected chi connectivity index (χ0v) is 10.7. The summed E-state index contributed by atoms with van der Waals surface area (Å²) in [5.41, 5.74) is 8.01. The summed E-state index contributed by atoms with van der Waals surface area (Å²) in [5, 5.41) is 27.5. The van der Waals surface area contributed by atoms with Crippen LogP contribution in [0.5, 0.6) is 0 Å². The molecule has 8 heteroatoms. The number of rotatable bonds is 3. The normalized spacial score (nSPS) is 11.2. The molecule has 2 aromatic carbocycles. The standard InChI is InChI=1S/C13H10N6O2/c14-8-5-6-10(12-11(8)17-19-18-12)16-15-9-4-2-1-3-7(9)13(20)21/h1-6H,14H2,(H,20,21)(H,17,18,19). The predicted octanol–water partition coefficient (Wildman–Crippen LogP) is 2.65. The van der Waals surface area contributed by atoms with Gasteiger partial charge in [0.1, 0.15) is 22.4 Å². The number of aromatic carboxylic acids is 1. The van der Waals surface area contributed by atoms with E-state index in [4.69, 9.17) is 10.8 Å². The first-order chi connectivity index (χ1) is 10.2. The van der Waals surface area contributed by atoms with E-state index in [9.17, 15) is 4.79 Å². The van der Waals surface area contributed by atoms with Crippen LogP contribution in [-0.2, 0) is 0 Å². The summed E-state index contributed by atoms with van der Waals surface area (Å²) in [6, 6.07) is 9.64. The summed E-state index contributed by atoms with van der Waals surface area (Å²) in [5.74, 6) is -1.06. The molecule has 0 aliphatic heterocycles. The minimum atomic E-state index is -1.06. The molecule has 0 unspecified atom stereocenters. The number of nitrogen functional groups attached to an aromatic ring is 1. The number of aromatic amines is 1. The molecule has 0 fully saturated rings. The highest BCUT2D eigenvalue weighted by Crippen LogP contribution is 2.29. The van der Waals surface area contributed by atoms with Gasteiger partial charge in [-0.1, -0.05) is 12.1 Å². The van der Waals surface area contributed by atoms with Gasteiger partial charge >= 0.3 is 5.97 Å². The van der Waals surface area contributed by atoms with Gasteiger partial charge in [-0.15, -0.1) is 10.2 Å². The second-order valence-corrected chi connectivity index (χ2v) is 4.22. The van der Waals surface area contributed by atoms with Crippen molar-refractivity contribution in [3.8, 4) is 0 Å². The molecular weight excluding hydrogens is 272 g/mol. The van der Waals surface area contributed by atoms with E-state index in [-0.39, 0.29) is 11.3 Å². The van der Waals surface area contributed by atoms with Crippen LogP contribution in [0.3, 0.4) is 0 Å². The molecule has 0 spiro atoms. The Balaban J connectivity index is 2.05. The quantitative estimate of drug-likeness (QED) is 0.502. The number of carbonyl (C=O) groups is 1. The lowest BCUT2D eigenvalue weighted by atomic mass is 10.2. The van der Waals surface area contributed by atoms with Gasteiger partial charge < -0.3 is 10.8 Å². The van der Waals surface area contributed by atoms with E-state index in [2.05, 4.69) is 25.6 Å². The van der Waals surface area contributed by atoms with Crippen LogP contribution >= 0.6 is 0 Å². The molecule has 21 heavy (non-hydrogen) atoms. The zero-order valence-electron chi connectivity index (χ0n) is 10.7. The minimum absolute atomic E-state index is 0.0769. The molecule has 0 bridgehead atoms. The number of nitrogens with one attached hydrogen (secondary N) is 1. The van der Waals surface area contributed by atoms with Gasteiger partial charge in [-0.05, 0) is 24.3 Å². The number of carboxylic acid groups (broad SMARTS) is 1. The first kappa shape index (κ1) is 12.7. The zero-order chi connectivity index (χ0) is 14.8. The summed E-state index contributed by atoms with van der Waals surface area (Å²) in [7, 11) is 0. The van der Waals surface area contributed by atoms with E-state index >= 15 is 0 Å². The van der Waals surface area contributed by atoms with E-state index in [0.29, 0.717) is 22.4 Å². The van der Waals surface area contributed by atoms with Crippen LogP contribution < -0.4 is 5.73 Å². The Kier molecular flexibility index (Phi) is 3.03. The number of nitrogens with two attached hydrogens (primary N) is 1. The molecule has 3 aromatic rings. The number of hydrogen-bond donors (Lipinski definition) is 3. The van der Waals surface area contributed by atoms with E-state index < -0.39 is 5.97 Å². The Morgan fingerprint density at radius 1 is 1.05 bits per heavy atom. The molecule has 8 nitrogen and oxygen atoms in total. The summed E-state index contributed by atoms with van der Waals surface area (Å²) in [6.07, 6.45) is 0. The van der Waals surface area contributed by atoms with Crippen LogP contribution in [0, 0.1) is 0 Å². The minimum Gasteiger partial charge on any atom is -0.478 e. The number of H-pyrrole nitrogens is 1. The first-order valence-corrected chi connectivity index (χ1v) is 6.00. The topological polar surface area (TPSA) is 130 Å². The number of carboxylic acids is 1. The Morgan fingerprint density at radius 2 is 1.76 bits per heavy atom. The fourth-order valence-corrected chi connectivity index (χ4v) is 1.87. The highest BCUT2D eigenvalue weighted by molar-refractivity contribution is 5.94. The summed E-state index contributed by atoms with van der Waals surface area (Å²) < 4.78 is 0. The van der Waals surface area contributed by atoms with Crippen molar-refractivity contribution >= 4 is 34.1 Å². The van der Waals surface area contributed by atoms with Crippen LogP contribution in [0.1, 0.15) is 10.4 Å². The Labute approximate surface area is 118 Å². The van der Waals surface area contributed by atoms with Gasteiger partial charge in [0.05, 0.1) is 11.3 Å². The monoisotopic (exact) mass is 282 g/mol. The number of nitrogens with zero attached hydrogens (tertiary/aromatic N) is 4. The van der Waals surface area contributed by atoms with Crippen LogP contribution in [0.25, 0.3) is 11.0 Å². The van der Waals surface area contributed by atoms with Crippen LogP contribution in [0.2, 0.25) is 0 Å². The molecule has 3 rings (SSSR count). The SMILES string of the molecule is Nc1ccc(N=Nc2ccccc2C(=O)O)c2n[nH]nc12. The van der Waals surface area contributed by atoms with Crippen molar-refractivity contribution in [3.63, 3.8) is 0 Å². The molecule has 0 atom stereocenters. The van der Waals surface area contributed by atoms with Crippen molar-refractivity contribution in [2.24, 2.45) is 10.2 Å². The van der Waals surface area contributed by atoms with E-state index in [1.807, 2.05) is 0 Å². The third-order valence-electron chi connectivity index (χ3n) is 2.88. The second-order valence-electron chi connectivity index (χ2n) is 4.22. The summed E-state index contributed by atoms with van der Waals surface area (Å²) >= 11 is 0. The molecule has 0 aliphatic rings. The van der Waals surface area contributed by atoms with Gasteiger partial charge in [0, 0.05) is 0 Å². The fourth-order valence-electron chi connectivity index (χ4n) is 1.87. The van der Waals surface area contributed by atoms with Crippen molar-refractivity contribution in [2.75, 3.05) is 5.73 Å². The molecule has 4 N–H and O–H groups in total. The Morgan fingerprint density at radius 3 is 2.57 bits per heavy atom. The predicted molar refractivity (Wildman–Crippen MR) is 75.9 cm³/mol. The smallest absolute Gasteiger partial charge is 0.337 e. The van der Waals surface area contributed by atoms with Crippen LogP contribution in [-0.4, -0.2) is 26.5 Å². The highest BCUT2D eigenvalue weighted by atomic mass is 16.4. The number of hydrogen-bond acceptors (Lipinski definition) is 6. The third kappa shape index (κ3) is 2.29. The molecule has 0 aliphatic carbocycles. The van der Waals surface area contributed by atoms with Gasteiger partial charge in [-0.3, -0.25) is 0 Å². The van der Waals surface area contributed by atoms with Gasteiger partial charge in [0.25, 0.3) is 0 Å². The van der Waals surface area contributed by atoms with Crippen molar-refractivity contribution < 1.29 is 9.90 Å². The summed E-state index contributed by atoms with van der Waals surface area (Å²) in [4.78, 5) is 11.1. The van der Waals surface area contributed by atoms with Crippen LogP contribution in [0.15, 0.2) is 46.6 Å². The van der Waals surface area contributed by atoms with Crippen molar-refractivity contribution in [3.05, 3.63) is 42.0 Å². The lowest BCUT2D eigenvalue weighted by Crippen LogP contribution is -1.95. The average molecular weight is 282 g/mol. The second kappa shape index (κ2) is 5.00. The number of anilines is 1. The van der Waals surface area contributed by atoms with Crippen molar-refractivity contribution in [1.82, 2.24) is 15.4 Å². The van der Waals surface area contributed by atoms with Crippen molar-refractivity contribution in [1.29, 1.82) is 0 Å². The molecule has 104 valence electrons. The first-order valence-electron chi connectivity index (χ1n) is 6.00. The van der Waals surface area contributed by atoms with Gasteiger partial charge in [-0.2, -0.15) is 15.4 Å². The average Bonchev–Trinajstić information content (AvgIpc) is 2.97. The Hall–Kier alpha value is -3.29. The maximum Gasteiger partial charge on any atom is 0.337 e. The molecular formula is C13H10N6O2. The number of aromatic nitrogens is 3. The molecule has 0 saturated carbocycles. The maximum absolute atomic E-state index is 11.1. The van der Waals surface area contributed by atoms with Crippen LogP contribution in [0.4, 0.5) is 17.1 Å². The third-order valence-corrected chi connectivity index (χ3v) is 2.88. The van der Waals surface area contributed by atoms with E-state index in [1.165, 1.54) is 6.07 Å². The van der Waals surface area contributed by atoms with E-state index in [1.54, 1.807) is 30.3 Å². The molecule has 0 amide bonds. The van der Waals surface area contributed by atoms with Gasteiger partial charge in [0.15, 0.2) is 0 Å². The Bertz CT molecular complexity index is 855. The van der Waals surface area contributed by atoms with Crippen molar-refractivity contribution in [2.45, 2.75) is 0 Å². The maximum atomic E-state index is 11.1. The number of fused-ring (bicyclic) bond motifs is 1. The van der Waals surface area contributed by atoms with Gasteiger partial charge in [-0.25, -0.2) is 4.79 Å².